The molecule has 0 aliphatic carbocycles. The zero-order valence-corrected chi connectivity index (χ0v) is 11.2. The van der Waals surface area contributed by atoms with Crippen molar-refractivity contribution in [3.63, 3.8) is 0 Å². The molecule has 8 heteroatoms. The molecule has 21 heavy (non-hydrogen) atoms. The quantitative estimate of drug-likeness (QED) is 0.263. The number of aliphatic carboxylic acids is 2. The molecule has 0 amide bonds. The van der Waals surface area contributed by atoms with Gasteiger partial charge in [-0.1, -0.05) is 12.2 Å². The highest BCUT2D eigenvalue weighted by atomic mass is 16.7. The molecule has 0 radical (unpaired) electrons. The lowest BCUT2D eigenvalue weighted by atomic mass is 10.1. The van der Waals surface area contributed by atoms with Gasteiger partial charge in [0.25, 0.3) is 5.79 Å². The van der Waals surface area contributed by atoms with Crippen molar-refractivity contribution in [2.45, 2.75) is 31.5 Å². The van der Waals surface area contributed by atoms with Crippen LogP contribution in [0.15, 0.2) is 25.3 Å². The standard InChI is InChI=1S/C13H16O8/c1-3-5-13(6-4-2,20-11(18)7-9(14)15)21-12(19)8-10(16)17/h3-4H,1-2,5-8H2,(H,14,15)(H,16,17). The molecule has 8 nitrogen and oxygen atoms in total. The Balaban J connectivity index is 5.12. The van der Waals surface area contributed by atoms with Crippen molar-refractivity contribution in [3.8, 4) is 0 Å². The number of carbonyl (C=O) groups is 4. The largest absolute Gasteiger partial charge is 0.481 e. The lowest BCUT2D eigenvalue weighted by Gasteiger charge is -2.30. The fourth-order valence-corrected chi connectivity index (χ4v) is 1.44. The average Bonchev–Trinajstić information content (AvgIpc) is 2.26. The monoisotopic (exact) mass is 300 g/mol. The van der Waals surface area contributed by atoms with E-state index >= 15 is 0 Å². The molecule has 2 N–H and O–H groups in total. The van der Waals surface area contributed by atoms with Crippen LogP contribution in [0.4, 0.5) is 0 Å². The molecule has 0 saturated carbocycles. The molecule has 0 rings (SSSR count). The van der Waals surface area contributed by atoms with Gasteiger partial charge in [-0.2, -0.15) is 0 Å². The minimum Gasteiger partial charge on any atom is -0.481 e. The van der Waals surface area contributed by atoms with Gasteiger partial charge in [-0.15, -0.1) is 13.2 Å². The first-order valence-corrected chi connectivity index (χ1v) is 5.83. The summed E-state index contributed by atoms with van der Waals surface area (Å²) in [5, 5.41) is 17.0. The van der Waals surface area contributed by atoms with Gasteiger partial charge in [0.05, 0.1) is 0 Å². The summed E-state index contributed by atoms with van der Waals surface area (Å²) in [6, 6.07) is 0. The summed E-state index contributed by atoms with van der Waals surface area (Å²) in [6.45, 7) is 6.83. The number of carboxylic acids is 2. The molecule has 0 atom stereocenters. The van der Waals surface area contributed by atoms with E-state index in [1.165, 1.54) is 12.2 Å². The van der Waals surface area contributed by atoms with Crippen molar-refractivity contribution in [1.82, 2.24) is 0 Å². The summed E-state index contributed by atoms with van der Waals surface area (Å²) in [5.74, 6) is -6.93. The number of ether oxygens (including phenoxy) is 2. The highest BCUT2D eigenvalue weighted by Gasteiger charge is 2.37. The van der Waals surface area contributed by atoms with E-state index in [1.54, 1.807) is 0 Å². The number of carbonyl (C=O) groups excluding carboxylic acids is 2. The minimum absolute atomic E-state index is 0.143. The third-order valence-corrected chi connectivity index (χ3v) is 2.10. The molecule has 0 bridgehead atoms. The van der Waals surface area contributed by atoms with Crippen molar-refractivity contribution < 1.29 is 38.9 Å². The van der Waals surface area contributed by atoms with Gasteiger partial charge in [-0.3, -0.25) is 19.2 Å². The number of hydrogen-bond donors (Lipinski definition) is 2. The van der Waals surface area contributed by atoms with Gasteiger partial charge in [0, 0.05) is 12.8 Å². The zero-order valence-electron chi connectivity index (χ0n) is 11.2. The fraction of sp³-hybridized carbons (Fsp3) is 0.385. The topological polar surface area (TPSA) is 127 Å². The number of hydrogen-bond acceptors (Lipinski definition) is 6. The van der Waals surface area contributed by atoms with Crippen LogP contribution in [0.3, 0.4) is 0 Å². The first-order chi connectivity index (χ1) is 9.74. The SMILES string of the molecule is C=CCC(CC=C)(OC(=O)CC(=O)O)OC(=O)CC(=O)O. The molecular weight excluding hydrogens is 284 g/mol. The van der Waals surface area contributed by atoms with Crippen LogP contribution in [-0.2, 0) is 28.7 Å². The van der Waals surface area contributed by atoms with E-state index in [0.717, 1.165) is 0 Å². The highest BCUT2D eigenvalue weighted by molar-refractivity contribution is 5.91. The average molecular weight is 300 g/mol. The summed E-state index contributed by atoms with van der Waals surface area (Å²) >= 11 is 0. The Bertz CT molecular complexity index is 409. The van der Waals surface area contributed by atoms with Crippen molar-refractivity contribution in [3.05, 3.63) is 25.3 Å². The van der Waals surface area contributed by atoms with Crippen LogP contribution in [0.1, 0.15) is 25.7 Å². The van der Waals surface area contributed by atoms with Gasteiger partial charge in [-0.25, -0.2) is 0 Å². The zero-order chi connectivity index (χ0) is 16.5. The summed E-state index contributed by atoms with van der Waals surface area (Å²) in [5.41, 5.74) is 0. The molecule has 0 aliphatic heterocycles. The summed E-state index contributed by atoms with van der Waals surface area (Å²) in [6.07, 6.45) is 0.432. The fourth-order valence-electron chi connectivity index (χ4n) is 1.44. The second-order valence-electron chi connectivity index (χ2n) is 3.99. The molecule has 116 valence electrons. The Morgan fingerprint density at radius 1 is 0.857 bits per heavy atom. The number of esters is 2. The van der Waals surface area contributed by atoms with E-state index in [1.807, 2.05) is 0 Å². The first-order valence-electron chi connectivity index (χ1n) is 5.83. The molecule has 0 heterocycles. The third-order valence-electron chi connectivity index (χ3n) is 2.10. The Kier molecular flexibility index (Phi) is 7.44. The predicted octanol–water partition coefficient (Wildman–Crippen LogP) is 0.871. The molecule has 0 fully saturated rings. The lowest BCUT2D eigenvalue weighted by molar-refractivity contribution is -0.227. The molecule has 0 saturated heterocycles. The molecule has 0 aliphatic rings. The molecule has 0 aromatic carbocycles. The maximum Gasteiger partial charge on any atom is 0.320 e. The number of carboxylic acid groups (broad SMARTS) is 2. The maximum atomic E-state index is 11.4. The van der Waals surface area contributed by atoms with Crippen LogP contribution in [0, 0.1) is 0 Å². The normalized spacial score (nSPS) is 10.3. The van der Waals surface area contributed by atoms with Crippen LogP contribution in [0.5, 0.6) is 0 Å². The molecule has 0 unspecified atom stereocenters. The van der Waals surface area contributed by atoms with Gasteiger partial charge in [0.2, 0.25) is 0 Å². The van der Waals surface area contributed by atoms with Crippen LogP contribution in [-0.4, -0.2) is 39.9 Å². The summed E-state index contributed by atoms with van der Waals surface area (Å²) in [4.78, 5) is 43.8. The second kappa shape index (κ2) is 8.51. The Hall–Kier alpha value is -2.64. The first kappa shape index (κ1) is 18.4. The molecule has 0 aromatic rings. The van der Waals surface area contributed by atoms with Crippen molar-refractivity contribution in [2.75, 3.05) is 0 Å². The van der Waals surface area contributed by atoms with Crippen LogP contribution in [0.25, 0.3) is 0 Å². The van der Waals surface area contributed by atoms with Gasteiger partial charge in [0.1, 0.15) is 12.8 Å². The van der Waals surface area contributed by atoms with Crippen molar-refractivity contribution >= 4 is 23.9 Å². The van der Waals surface area contributed by atoms with E-state index < -0.39 is 42.5 Å². The summed E-state index contributed by atoms with van der Waals surface area (Å²) in [7, 11) is 0. The molecule has 0 aromatic heterocycles. The third kappa shape index (κ3) is 7.51. The van der Waals surface area contributed by atoms with Crippen LogP contribution < -0.4 is 0 Å². The van der Waals surface area contributed by atoms with E-state index in [4.69, 9.17) is 19.7 Å². The van der Waals surface area contributed by atoms with E-state index in [2.05, 4.69) is 13.2 Å². The van der Waals surface area contributed by atoms with E-state index in [0.29, 0.717) is 0 Å². The lowest BCUT2D eigenvalue weighted by Crippen LogP contribution is -2.40. The smallest absolute Gasteiger partial charge is 0.320 e. The number of rotatable bonds is 10. The Morgan fingerprint density at radius 2 is 1.19 bits per heavy atom. The van der Waals surface area contributed by atoms with Gasteiger partial charge >= 0.3 is 23.9 Å². The predicted molar refractivity (Wildman–Crippen MR) is 69.0 cm³/mol. The van der Waals surface area contributed by atoms with Crippen molar-refractivity contribution in [1.29, 1.82) is 0 Å². The van der Waals surface area contributed by atoms with E-state index in [9.17, 15) is 19.2 Å². The Morgan fingerprint density at radius 3 is 1.43 bits per heavy atom. The molecule has 0 spiro atoms. The Labute approximate surface area is 120 Å². The van der Waals surface area contributed by atoms with Crippen LogP contribution >= 0.6 is 0 Å². The van der Waals surface area contributed by atoms with Gasteiger partial charge < -0.3 is 19.7 Å². The highest BCUT2D eigenvalue weighted by Crippen LogP contribution is 2.25. The second-order valence-corrected chi connectivity index (χ2v) is 3.99. The van der Waals surface area contributed by atoms with Gasteiger partial charge in [0.15, 0.2) is 0 Å². The maximum absolute atomic E-state index is 11.4. The van der Waals surface area contributed by atoms with Crippen molar-refractivity contribution in [2.24, 2.45) is 0 Å². The molecular formula is C13H16O8. The summed E-state index contributed by atoms with van der Waals surface area (Å²) < 4.78 is 9.77. The van der Waals surface area contributed by atoms with E-state index in [-0.39, 0.29) is 12.8 Å². The van der Waals surface area contributed by atoms with Crippen LogP contribution in [0.2, 0.25) is 0 Å². The minimum atomic E-state index is -1.84. The van der Waals surface area contributed by atoms with Gasteiger partial charge in [-0.05, 0) is 0 Å².